The molecule has 0 fully saturated rings. The molecule has 0 spiro atoms. The van der Waals surface area contributed by atoms with Gasteiger partial charge in [0.1, 0.15) is 0 Å². The zero-order chi connectivity index (χ0) is 13.5. The molecule has 0 amide bonds. The van der Waals surface area contributed by atoms with Gasteiger partial charge in [0.05, 0.1) is 0 Å². The van der Waals surface area contributed by atoms with Crippen molar-refractivity contribution in [3.63, 3.8) is 0 Å². The monoisotopic (exact) mass is 252 g/mol. The summed E-state index contributed by atoms with van der Waals surface area (Å²) in [7, 11) is 0.644. The van der Waals surface area contributed by atoms with E-state index in [-0.39, 0.29) is 0 Å². The standard InChI is InChI=1S/C13H13BN4O/c1-15-7-12-13(16-9-14-19)18(10-17-12)8-11-5-3-2-4-6-11/h2-6,9-10H,1,7-8H2/b16-9+. The molecule has 1 heterocycles. The average molecular weight is 252 g/mol. The first-order valence-corrected chi connectivity index (χ1v) is 5.83. The predicted molar refractivity (Wildman–Crippen MR) is 75.6 cm³/mol. The van der Waals surface area contributed by atoms with Crippen LogP contribution >= 0.6 is 0 Å². The molecule has 19 heavy (non-hydrogen) atoms. The molecule has 0 aliphatic rings. The van der Waals surface area contributed by atoms with Crippen LogP contribution in [0.1, 0.15) is 11.3 Å². The summed E-state index contributed by atoms with van der Waals surface area (Å²) < 4.78 is 12.3. The van der Waals surface area contributed by atoms with Crippen molar-refractivity contribution in [3.8, 4) is 0 Å². The second-order valence-corrected chi connectivity index (χ2v) is 3.92. The van der Waals surface area contributed by atoms with Crippen LogP contribution in [0.15, 0.2) is 46.6 Å². The molecule has 6 heteroatoms. The summed E-state index contributed by atoms with van der Waals surface area (Å²) in [6, 6.07) is 9.98. The Kier molecular flexibility index (Phi) is 4.50. The first-order chi connectivity index (χ1) is 9.35. The molecule has 2 aromatic rings. The molecular formula is C13H13BN4O. The summed E-state index contributed by atoms with van der Waals surface area (Å²) in [5.74, 6) is 0.642. The predicted octanol–water partition coefficient (Wildman–Crippen LogP) is 1.84. The van der Waals surface area contributed by atoms with Crippen LogP contribution in [0.4, 0.5) is 5.82 Å². The van der Waals surface area contributed by atoms with E-state index < -0.39 is 0 Å². The summed E-state index contributed by atoms with van der Waals surface area (Å²) >= 11 is 0. The molecule has 0 atom stereocenters. The van der Waals surface area contributed by atoms with Crippen LogP contribution < -0.4 is 0 Å². The second-order valence-electron chi connectivity index (χ2n) is 3.92. The van der Waals surface area contributed by atoms with Crippen molar-refractivity contribution in [1.29, 1.82) is 0 Å². The Morgan fingerprint density at radius 1 is 1.37 bits per heavy atom. The summed E-state index contributed by atoms with van der Waals surface area (Å²) in [5.41, 5.74) is 1.85. The van der Waals surface area contributed by atoms with Gasteiger partial charge in [-0.3, -0.25) is 0 Å². The Balaban J connectivity index is 2.31. The molecule has 0 bridgehead atoms. The van der Waals surface area contributed by atoms with Crippen LogP contribution in [-0.2, 0) is 17.8 Å². The Labute approximate surface area is 112 Å². The van der Waals surface area contributed by atoms with Gasteiger partial charge in [-0.2, -0.15) is 0 Å². The molecule has 1 aromatic heterocycles. The van der Waals surface area contributed by atoms with Crippen molar-refractivity contribution in [1.82, 2.24) is 9.55 Å². The molecule has 0 aliphatic carbocycles. The summed E-state index contributed by atoms with van der Waals surface area (Å²) in [5, 5.41) is 0. The van der Waals surface area contributed by atoms with E-state index in [1.165, 1.54) is 6.11 Å². The van der Waals surface area contributed by atoms with Crippen molar-refractivity contribution in [2.75, 3.05) is 0 Å². The number of benzene rings is 1. The van der Waals surface area contributed by atoms with E-state index in [1.54, 1.807) is 6.33 Å². The number of rotatable bonds is 6. The zero-order valence-electron chi connectivity index (χ0n) is 10.4. The fraction of sp³-hybridized carbons (Fsp3) is 0.154. The van der Waals surface area contributed by atoms with Gasteiger partial charge in [-0.15, -0.1) is 0 Å². The SMILES string of the molecule is C=NCc1ncn(Cc2ccccc2)c1/N=C/B=O. The fourth-order valence-electron chi connectivity index (χ4n) is 1.78. The van der Waals surface area contributed by atoms with Crippen LogP contribution in [0, 0.1) is 0 Å². The van der Waals surface area contributed by atoms with Crippen molar-refractivity contribution in [3.05, 3.63) is 47.9 Å². The van der Waals surface area contributed by atoms with E-state index in [4.69, 9.17) is 0 Å². The van der Waals surface area contributed by atoms with E-state index in [2.05, 4.69) is 21.7 Å². The van der Waals surface area contributed by atoms with Crippen molar-refractivity contribution < 1.29 is 4.70 Å². The van der Waals surface area contributed by atoms with Gasteiger partial charge in [0, 0.05) is 0 Å². The second kappa shape index (κ2) is 6.54. The number of hydrogen-bond donors (Lipinski definition) is 0. The van der Waals surface area contributed by atoms with Crippen molar-refractivity contribution in [2.24, 2.45) is 9.98 Å². The Bertz CT molecular complexity index is 592. The molecular weight excluding hydrogens is 239 g/mol. The fourth-order valence-corrected chi connectivity index (χ4v) is 1.78. The molecule has 0 unspecified atom stereocenters. The van der Waals surface area contributed by atoms with Gasteiger partial charge < -0.3 is 0 Å². The average Bonchev–Trinajstić information content (AvgIpc) is 2.80. The van der Waals surface area contributed by atoms with Crippen LogP contribution in [0.2, 0.25) is 0 Å². The van der Waals surface area contributed by atoms with Crippen LogP contribution in [-0.4, -0.2) is 29.5 Å². The van der Waals surface area contributed by atoms with Gasteiger partial charge in [-0.05, 0) is 0 Å². The van der Waals surface area contributed by atoms with E-state index in [0.717, 1.165) is 5.56 Å². The molecule has 2 rings (SSSR count). The van der Waals surface area contributed by atoms with Gasteiger partial charge in [-0.25, -0.2) is 0 Å². The molecule has 0 saturated carbocycles. The van der Waals surface area contributed by atoms with E-state index in [0.29, 0.717) is 31.8 Å². The van der Waals surface area contributed by atoms with Crippen molar-refractivity contribution >= 4 is 25.8 Å². The van der Waals surface area contributed by atoms with E-state index in [9.17, 15) is 4.70 Å². The minimum atomic E-state index is 0.382. The minimum absolute atomic E-state index is 0.382. The number of hydrogen-bond acceptors (Lipinski definition) is 4. The first kappa shape index (κ1) is 13.1. The van der Waals surface area contributed by atoms with Gasteiger partial charge in [0.2, 0.25) is 0 Å². The van der Waals surface area contributed by atoms with Crippen LogP contribution in [0.3, 0.4) is 0 Å². The van der Waals surface area contributed by atoms with Crippen LogP contribution in [0.5, 0.6) is 0 Å². The third kappa shape index (κ3) is 3.31. The van der Waals surface area contributed by atoms with Gasteiger partial charge in [-0.1, -0.05) is 0 Å². The molecule has 5 nitrogen and oxygen atoms in total. The maximum absolute atomic E-state index is 10.4. The van der Waals surface area contributed by atoms with Crippen molar-refractivity contribution in [2.45, 2.75) is 13.1 Å². The number of nitrogens with zero attached hydrogens (tertiary/aromatic N) is 4. The Hall–Kier alpha value is -2.37. The van der Waals surface area contributed by atoms with E-state index >= 15 is 0 Å². The van der Waals surface area contributed by atoms with E-state index in [1.807, 2.05) is 34.9 Å². The maximum atomic E-state index is 10.4. The number of aliphatic imine (C=N–C) groups is 2. The zero-order valence-corrected chi connectivity index (χ0v) is 10.4. The molecule has 94 valence electrons. The third-order valence-electron chi connectivity index (χ3n) is 2.60. The number of imidazole rings is 1. The molecule has 0 saturated heterocycles. The van der Waals surface area contributed by atoms with Crippen LogP contribution in [0.25, 0.3) is 0 Å². The van der Waals surface area contributed by atoms with Gasteiger partial charge in [0.25, 0.3) is 0 Å². The molecule has 0 radical (unpaired) electrons. The topological polar surface area (TPSA) is 59.6 Å². The van der Waals surface area contributed by atoms with Gasteiger partial charge in [0.15, 0.2) is 0 Å². The molecule has 0 N–H and O–H groups in total. The Morgan fingerprint density at radius 3 is 2.84 bits per heavy atom. The Morgan fingerprint density at radius 2 is 2.16 bits per heavy atom. The van der Waals surface area contributed by atoms with Gasteiger partial charge >= 0.3 is 111 Å². The quantitative estimate of drug-likeness (QED) is 0.581. The summed E-state index contributed by atoms with van der Waals surface area (Å²) in [6.07, 6.45) is 2.91. The summed E-state index contributed by atoms with van der Waals surface area (Å²) in [4.78, 5) is 12.2. The molecule has 0 aliphatic heterocycles. The normalized spacial score (nSPS) is 10.5. The molecule has 1 aromatic carbocycles. The summed E-state index contributed by atoms with van der Waals surface area (Å²) in [6.45, 7) is 4.48. The number of aromatic nitrogens is 2. The first-order valence-electron chi connectivity index (χ1n) is 5.83. The third-order valence-corrected chi connectivity index (χ3v) is 2.60.